The number of rotatable bonds is 10. The normalized spacial score (nSPS) is 11.6. The molecule has 0 saturated carbocycles. The number of benzene rings is 2. The van der Waals surface area contributed by atoms with Crippen molar-refractivity contribution in [1.82, 2.24) is 4.31 Å². The molecule has 0 bridgehead atoms. The van der Waals surface area contributed by atoms with Gasteiger partial charge in [-0.15, -0.1) is 0 Å². The quantitative estimate of drug-likeness (QED) is 0.532. The van der Waals surface area contributed by atoms with Crippen LogP contribution in [0.15, 0.2) is 41.3 Å². The Morgan fingerprint density at radius 3 is 2.42 bits per heavy atom. The fourth-order valence-corrected chi connectivity index (χ4v) is 4.18. The Kier molecular flexibility index (Phi) is 8.69. The molecule has 0 unspecified atom stereocenters. The molecule has 2 aromatic carbocycles. The number of sulfonamides is 1. The number of halogens is 1. The second-order valence-electron chi connectivity index (χ2n) is 6.92. The Morgan fingerprint density at radius 1 is 1.10 bits per heavy atom. The number of nitrogens with one attached hydrogen (secondary N) is 1. The van der Waals surface area contributed by atoms with E-state index < -0.39 is 15.9 Å². The number of carbonyl (C=O) groups excluding carboxylic acids is 1. The summed E-state index contributed by atoms with van der Waals surface area (Å²) >= 11 is 6.19. The van der Waals surface area contributed by atoms with Crippen LogP contribution in [0.25, 0.3) is 0 Å². The maximum absolute atomic E-state index is 12.8. The predicted octanol–water partition coefficient (Wildman–Crippen LogP) is 3.66. The summed E-state index contributed by atoms with van der Waals surface area (Å²) < 4.78 is 42.6. The molecular formula is C21H27ClN2O6S. The lowest BCUT2D eigenvalue weighted by molar-refractivity contribution is 0.102. The van der Waals surface area contributed by atoms with Crippen molar-refractivity contribution in [2.45, 2.75) is 24.8 Å². The maximum Gasteiger partial charge on any atom is 0.257 e. The molecule has 0 saturated heterocycles. The van der Waals surface area contributed by atoms with Crippen LogP contribution >= 0.6 is 11.6 Å². The largest absolute Gasteiger partial charge is 0.493 e. The number of carbonyl (C=O) groups is 1. The third-order valence-corrected chi connectivity index (χ3v) is 6.91. The molecular weight excluding hydrogens is 444 g/mol. The van der Waals surface area contributed by atoms with Gasteiger partial charge in [0.2, 0.25) is 10.0 Å². The number of methoxy groups -OCH3 is 2. The Labute approximate surface area is 188 Å². The fourth-order valence-electron chi connectivity index (χ4n) is 2.58. The molecule has 0 aromatic heterocycles. The van der Waals surface area contributed by atoms with E-state index in [9.17, 15) is 13.2 Å². The van der Waals surface area contributed by atoms with Gasteiger partial charge in [0, 0.05) is 32.0 Å². The predicted molar refractivity (Wildman–Crippen MR) is 120 cm³/mol. The van der Waals surface area contributed by atoms with Gasteiger partial charge >= 0.3 is 0 Å². The lowest BCUT2D eigenvalue weighted by atomic mass is 10.2. The van der Waals surface area contributed by atoms with Gasteiger partial charge in [0.15, 0.2) is 11.5 Å². The average molecular weight is 471 g/mol. The molecule has 0 aliphatic carbocycles. The van der Waals surface area contributed by atoms with Crippen molar-refractivity contribution >= 4 is 33.2 Å². The SMILES string of the molecule is COCCOc1cc(NC(=O)c2cc(S(=O)(=O)N(C)C(C)C)ccc2Cl)ccc1OC. The molecule has 1 N–H and O–H groups in total. The van der Waals surface area contributed by atoms with Crippen molar-refractivity contribution in [1.29, 1.82) is 0 Å². The molecule has 0 aliphatic heterocycles. The minimum absolute atomic E-state index is 0.0171. The van der Waals surface area contributed by atoms with Crippen LogP contribution in [0.2, 0.25) is 5.02 Å². The van der Waals surface area contributed by atoms with Gasteiger partial charge in [0.05, 0.1) is 29.2 Å². The van der Waals surface area contributed by atoms with Gasteiger partial charge in [-0.2, -0.15) is 4.31 Å². The summed E-state index contributed by atoms with van der Waals surface area (Å²) in [5, 5.41) is 2.85. The van der Waals surface area contributed by atoms with Crippen LogP contribution in [0.1, 0.15) is 24.2 Å². The molecule has 0 spiro atoms. The standard InChI is InChI=1S/C21H27ClN2O6S/c1-14(2)24(3)31(26,27)16-7-8-18(22)17(13-16)21(25)23-15-6-9-19(29-5)20(12-15)30-11-10-28-4/h6-9,12-14H,10-11H2,1-5H3,(H,23,25). The first kappa shape index (κ1) is 24.9. The van der Waals surface area contributed by atoms with Gasteiger partial charge in [-0.25, -0.2) is 8.42 Å². The molecule has 2 aromatic rings. The van der Waals surface area contributed by atoms with Crippen molar-refractivity contribution < 1.29 is 27.4 Å². The molecule has 0 radical (unpaired) electrons. The number of ether oxygens (including phenoxy) is 3. The van der Waals surface area contributed by atoms with E-state index in [1.54, 1.807) is 39.2 Å². The fraction of sp³-hybridized carbons (Fsp3) is 0.381. The molecule has 8 nitrogen and oxygen atoms in total. The van der Waals surface area contributed by atoms with Gasteiger partial charge in [-0.05, 0) is 44.2 Å². The summed E-state index contributed by atoms with van der Waals surface area (Å²) in [5.41, 5.74) is 0.472. The Balaban J connectivity index is 2.31. The van der Waals surface area contributed by atoms with Crippen LogP contribution in [0.5, 0.6) is 11.5 Å². The smallest absolute Gasteiger partial charge is 0.257 e. The van der Waals surface area contributed by atoms with Crippen molar-refractivity contribution in [2.24, 2.45) is 0 Å². The minimum Gasteiger partial charge on any atom is -0.493 e. The first-order valence-electron chi connectivity index (χ1n) is 9.50. The zero-order chi connectivity index (χ0) is 23.2. The monoisotopic (exact) mass is 470 g/mol. The first-order valence-corrected chi connectivity index (χ1v) is 11.3. The summed E-state index contributed by atoms with van der Waals surface area (Å²) in [6.07, 6.45) is 0. The van der Waals surface area contributed by atoms with E-state index in [2.05, 4.69) is 5.32 Å². The first-order chi connectivity index (χ1) is 14.6. The van der Waals surface area contributed by atoms with Gasteiger partial charge in [0.25, 0.3) is 5.91 Å². The molecule has 0 aliphatic rings. The van der Waals surface area contributed by atoms with E-state index in [1.165, 1.54) is 36.7 Å². The highest BCUT2D eigenvalue weighted by molar-refractivity contribution is 7.89. The molecule has 2 rings (SSSR count). The summed E-state index contributed by atoms with van der Waals surface area (Å²) in [6, 6.07) is 8.69. The Bertz CT molecular complexity index is 1030. The van der Waals surface area contributed by atoms with Crippen LogP contribution in [0, 0.1) is 0 Å². The molecule has 10 heteroatoms. The summed E-state index contributed by atoms with van der Waals surface area (Å²) in [6.45, 7) is 4.22. The third kappa shape index (κ3) is 6.10. The van der Waals surface area contributed by atoms with Crippen LogP contribution in [0.3, 0.4) is 0 Å². The number of anilines is 1. The highest BCUT2D eigenvalue weighted by Gasteiger charge is 2.25. The molecule has 0 fully saturated rings. The van der Waals surface area contributed by atoms with Crippen molar-refractivity contribution in [3.05, 3.63) is 47.0 Å². The Morgan fingerprint density at radius 2 is 1.81 bits per heavy atom. The molecule has 1 amide bonds. The average Bonchev–Trinajstić information content (AvgIpc) is 2.73. The van der Waals surface area contributed by atoms with E-state index in [-0.39, 0.29) is 21.5 Å². The highest BCUT2D eigenvalue weighted by atomic mass is 35.5. The van der Waals surface area contributed by atoms with Crippen LogP contribution in [-0.2, 0) is 14.8 Å². The minimum atomic E-state index is -3.77. The van der Waals surface area contributed by atoms with Crippen molar-refractivity contribution in [2.75, 3.05) is 39.8 Å². The summed E-state index contributed by atoms with van der Waals surface area (Å²) in [4.78, 5) is 12.8. The van der Waals surface area contributed by atoms with Crippen LogP contribution < -0.4 is 14.8 Å². The zero-order valence-corrected chi connectivity index (χ0v) is 19.7. The zero-order valence-electron chi connectivity index (χ0n) is 18.1. The summed E-state index contributed by atoms with van der Waals surface area (Å²) in [5.74, 6) is 0.373. The number of hydrogen-bond acceptors (Lipinski definition) is 6. The van der Waals surface area contributed by atoms with E-state index >= 15 is 0 Å². The van der Waals surface area contributed by atoms with E-state index in [0.29, 0.717) is 30.4 Å². The number of hydrogen-bond donors (Lipinski definition) is 1. The molecule has 31 heavy (non-hydrogen) atoms. The topological polar surface area (TPSA) is 94.2 Å². The lowest BCUT2D eigenvalue weighted by Crippen LogP contribution is -2.33. The summed E-state index contributed by atoms with van der Waals surface area (Å²) in [7, 11) is 0.791. The van der Waals surface area contributed by atoms with E-state index in [4.69, 9.17) is 25.8 Å². The van der Waals surface area contributed by atoms with Gasteiger partial charge in [-0.3, -0.25) is 4.79 Å². The molecule has 0 heterocycles. The van der Waals surface area contributed by atoms with Gasteiger partial charge < -0.3 is 19.5 Å². The van der Waals surface area contributed by atoms with Gasteiger partial charge in [0.1, 0.15) is 6.61 Å². The van der Waals surface area contributed by atoms with Crippen molar-refractivity contribution in [3.63, 3.8) is 0 Å². The number of nitrogens with zero attached hydrogens (tertiary/aromatic N) is 1. The lowest BCUT2D eigenvalue weighted by Gasteiger charge is -2.21. The second-order valence-corrected chi connectivity index (χ2v) is 9.32. The second kappa shape index (κ2) is 10.8. The van der Waals surface area contributed by atoms with E-state index in [0.717, 1.165) is 0 Å². The molecule has 0 atom stereocenters. The molecule has 170 valence electrons. The van der Waals surface area contributed by atoms with Gasteiger partial charge in [-0.1, -0.05) is 11.6 Å². The van der Waals surface area contributed by atoms with E-state index in [1.807, 2.05) is 0 Å². The van der Waals surface area contributed by atoms with Crippen LogP contribution in [0.4, 0.5) is 5.69 Å². The highest BCUT2D eigenvalue weighted by Crippen LogP contribution is 2.31. The number of amides is 1. The maximum atomic E-state index is 12.8. The van der Waals surface area contributed by atoms with Crippen LogP contribution in [-0.4, -0.2) is 59.2 Å². The van der Waals surface area contributed by atoms with Crippen molar-refractivity contribution in [3.8, 4) is 11.5 Å². The Hall–Kier alpha value is -2.33. The third-order valence-electron chi connectivity index (χ3n) is 4.55.